The highest BCUT2D eigenvalue weighted by molar-refractivity contribution is 9.10. The van der Waals surface area contributed by atoms with Gasteiger partial charge in [-0.2, -0.15) is 0 Å². The fourth-order valence-electron chi connectivity index (χ4n) is 1.98. The van der Waals surface area contributed by atoms with Crippen LogP contribution < -0.4 is 0 Å². The Kier molecular flexibility index (Phi) is 4.59. The summed E-state index contributed by atoms with van der Waals surface area (Å²) in [6, 6.07) is 1.91. The molecule has 1 aromatic rings. The van der Waals surface area contributed by atoms with Crippen molar-refractivity contribution in [1.82, 2.24) is 4.90 Å². The third kappa shape index (κ3) is 3.09. The van der Waals surface area contributed by atoms with Gasteiger partial charge in [-0.25, -0.2) is 0 Å². The Hall–Kier alpha value is -0.390. The van der Waals surface area contributed by atoms with Gasteiger partial charge < -0.3 is 9.64 Å². The predicted molar refractivity (Wildman–Crippen MR) is 72.6 cm³/mol. The Bertz CT molecular complexity index is 388. The van der Waals surface area contributed by atoms with Crippen LogP contribution in [0.15, 0.2) is 15.9 Å². The van der Waals surface area contributed by atoms with Gasteiger partial charge in [-0.05, 0) is 47.1 Å². The molecular weight excluding hydrogens is 302 g/mol. The van der Waals surface area contributed by atoms with Crippen molar-refractivity contribution >= 4 is 33.2 Å². The maximum absolute atomic E-state index is 12.3. The lowest BCUT2D eigenvalue weighted by Crippen LogP contribution is -2.36. The first kappa shape index (κ1) is 13.1. The highest BCUT2D eigenvalue weighted by Crippen LogP contribution is 2.25. The average molecular weight is 318 g/mol. The molecule has 1 unspecified atom stereocenters. The molecule has 1 fully saturated rings. The molecule has 2 rings (SSSR count). The molecule has 5 heteroatoms. The van der Waals surface area contributed by atoms with E-state index < -0.39 is 0 Å². The Labute approximate surface area is 114 Å². The van der Waals surface area contributed by atoms with Crippen LogP contribution in [0.4, 0.5) is 0 Å². The monoisotopic (exact) mass is 317 g/mol. The van der Waals surface area contributed by atoms with Crippen LogP contribution in [0.25, 0.3) is 0 Å². The summed E-state index contributed by atoms with van der Waals surface area (Å²) in [5.74, 6) is 0.102. The lowest BCUT2D eigenvalue weighted by Gasteiger charge is -2.23. The van der Waals surface area contributed by atoms with Crippen LogP contribution >= 0.6 is 27.3 Å². The zero-order chi connectivity index (χ0) is 12.3. The largest absolute Gasteiger partial charge is 0.376 e. The predicted octanol–water partition coefficient (Wildman–Crippen LogP) is 3.15. The fraction of sp³-hybridized carbons (Fsp3) is 0.583. The van der Waals surface area contributed by atoms with E-state index in [2.05, 4.69) is 15.9 Å². The van der Waals surface area contributed by atoms with Crippen molar-refractivity contribution in [2.45, 2.75) is 25.9 Å². The number of halogens is 1. The molecule has 1 saturated heterocycles. The van der Waals surface area contributed by atoms with E-state index in [0.29, 0.717) is 6.54 Å². The standard InChI is InChI=1S/C12H16BrNO2S/c1-2-14(8-9-4-3-6-16-9)12(15)11-10(13)5-7-17-11/h5,7,9H,2-4,6,8H2,1H3. The molecular formula is C12H16BrNO2S. The quantitative estimate of drug-likeness (QED) is 0.853. The molecule has 1 aliphatic heterocycles. The van der Waals surface area contributed by atoms with Crippen molar-refractivity contribution in [3.8, 4) is 0 Å². The number of rotatable bonds is 4. The Morgan fingerprint density at radius 3 is 3.06 bits per heavy atom. The summed E-state index contributed by atoms with van der Waals surface area (Å²) in [6.45, 7) is 4.27. The third-order valence-electron chi connectivity index (χ3n) is 2.93. The van der Waals surface area contributed by atoms with Crippen LogP contribution in [0.5, 0.6) is 0 Å². The van der Waals surface area contributed by atoms with Crippen molar-refractivity contribution in [2.75, 3.05) is 19.7 Å². The van der Waals surface area contributed by atoms with Crippen molar-refractivity contribution in [2.24, 2.45) is 0 Å². The zero-order valence-corrected chi connectivity index (χ0v) is 12.2. The molecule has 0 aliphatic carbocycles. The van der Waals surface area contributed by atoms with E-state index in [9.17, 15) is 4.79 Å². The van der Waals surface area contributed by atoms with Crippen molar-refractivity contribution in [3.05, 3.63) is 20.8 Å². The minimum absolute atomic E-state index is 0.102. The van der Waals surface area contributed by atoms with E-state index in [0.717, 1.165) is 35.3 Å². The van der Waals surface area contributed by atoms with Crippen LogP contribution in [0.1, 0.15) is 29.4 Å². The van der Waals surface area contributed by atoms with Crippen molar-refractivity contribution < 1.29 is 9.53 Å². The van der Waals surface area contributed by atoms with E-state index >= 15 is 0 Å². The van der Waals surface area contributed by atoms with E-state index in [-0.39, 0.29) is 12.0 Å². The zero-order valence-electron chi connectivity index (χ0n) is 9.82. The number of thiophene rings is 1. The van der Waals surface area contributed by atoms with E-state index in [1.807, 2.05) is 23.3 Å². The van der Waals surface area contributed by atoms with Crippen molar-refractivity contribution in [3.63, 3.8) is 0 Å². The number of carbonyl (C=O) groups is 1. The van der Waals surface area contributed by atoms with Crippen LogP contribution in [0.2, 0.25) is 0 Å². The molecule has 0 N–H and O–H groups in total. The first-order valence-corrected chi connectivity index (χ1v) is 7.53. The molecule has 1 amide bonds. The van der Waals surface area contributed by atoms with Gasteiger partial charge in [-0.1, -0.05) is 0 Å². The lowest BCUT2D eigenvalue weighted by molar-refractivity contribution is 0.0542. The molecule has 0 saturated carbocycles. The highest BCUT2D eigenvalue weighted by atomic mass is 79.9. The average Bonchev–Trinajstić information content (AvgIpc) is 2.96. The van der Waals surface area contributed by atoms with Crippen LogP contribution in [0.3, 0.4) is 0 Å². The van der Waals surface area contributed by atoms with Gasteiger partial charge in [-0.3, -0.25) is 4.79 Å². The molecule has 0 aromatic carbocycles. The minimum Gasteiger partial charge on any atom is -0.376 e. The Morgan fingerprint density at radius 1 is 1.71 bits per heavy atom. The molecule has 0 radical (unpaired) electrons. The van der Waals surface area contributed by atoms with Gasteiger partial charge in [-0.15, -0.1) is 11.3 Å². The Morgan fingerprint density at radius 2 is 2.53 bits per heavy atom. The van der Waals surface area contributed by atoms with Gasteiger partial charge in [0.15, 0.2) is 0 Å². The number of hydrogen-bond acceptors (Lipinski definition) is 3. The summed E-state index contributed by atoms with van der Waals surface area (Å²) in [7, 11) is 0. The first-order valence-electron chi connectivity index (χ1n) is 5.86. The van der Waals surface area contributed by atoms with Crippen molar-refractivity contribution in [1.29, 1.82) is 0 Å². The van der Waals surface area contributed by atoms with Gasteiger partial charge in [0.05, 0.1) is 6.10 Å². The topological polar surface area (TPSA) is 29.5 Å². The van der Waals surface area contributed by atoms with Crippen LogP contribution in [-0.4, -0.2) is 36.6 Å². The molecule has 1 aromatic heterocycles. The summed E-state index contributed by atoms with van der Waals surface area (Å²) in [5, 5.41) is 1.93. The van der Waals surface area contributed by atoms with Gasteiger partial charge >= 0.3 is 0 Å². The number of hydrogen-bond donors (Lipinski definition) is 0. The van der Waals surface area contributed by atoms with Gasteiger partial charge in [0.25, 0.3) is 5.91 Å². The molecule has 0 bridgehead atoms. The minimum atomic E-state index is 0.102. The smallest absolute Gasteiger partial charge is 0.265 e. The number of likely N-dealkylation sites (N-methyl/N-ethyl adjacent to an activating group) is 1. The van der Waals surface area contributed by atoms with Gasteiger partial charge in [0.1, 0.15) is 4.88 Å². The molecule has 1 atom stereocenters. The lowest BCUT2D eigenvalue weighted by atomic mass is 10.2. The van der Waals surface area contributed by atoms with E-state index in [1.165, 1.54) is 11.3 Å². The molecule has 94 valence electrons. The summed E-state index contributed by atoms with van der Waals surface area (Å²) in [4.78, 5) is 14.9. The van der Waals surface area contributed by atoms with Crippen LogP contribution in [0, 0.1) is 0 Å². The number of amides is 1. The van der Waals surface area contributed by atoms with E-state index in [1.54, 1.807) is 0 Å². The van der Waals surface area contributed by atoms with Gasteiger partial charge in [0.2, 0.25) is 0 Å². The number of nitrogens with zero attached hydrogens (tertiary/aromatic N) is 1. The summed E-state index contributed by atoms with van der Waals surface area (Å²) >= 11 is 4.89. The summed E-state index contributed by atoms with van der Waals surface area (Å²) < 4.78 is 6.47. The molecule has 2 heterocycles. The first-order chi connectivity index (χ1) is 8.22. The molecule has 1 aliphatic rings. The summed E-state index contributed by atoms with van der Waals surface area (Å²) in [6.07, 6.45) is 2.40. The fourth-order valence-corrected chi connectivity index (χ4v) is 3.49. The maximum atomic E-state index is 12.3. The second-order valence-corrected chi connectivity index (χ2v) is 5.85. The Balaban J connectivity index is 2.02. The second-order valence-electron chi connectivity index (χ2n) is 4.08. The highest BCUT2D eigenvalue weighted by Gasteiger charge is 2.23. The van der Waals surface area contributed by atoms with E-state index in [4.69, 9.17) is 4.74 Å². The number of carbonyl (C=O) groups excluding carboxylic acids is 1. The van der Waals surface area contributed by atoms with Gasteiger partial charge in [0, 0.05) is 24.2 Å². The normalized spacial score (nSPS) is 19.5. The number of ether oxygens (including phenoxy) is 1. The molecule has 3 nitrogen and oxygen atoms in total. The third-order valence-corrected chi connectivity index (χ3v) is 4.75. The molecule has 0 spiro atoms. The maximum Gasteiger partial charge on any atom is 0.265 e. The SMILES string of the molecule is CCN(CC1CCCO1)C(=O)c1sccc1Br. The molecule has 17 heavy (non-hydrogen) atoms. The second kappa shape index (κ2) is 5.98. The summed E-state index contributed by atoms with van der Waals surface area (Å²) in [5.41, 5.74) is 0. The van der Waals surface area contributed by atoms with Crippen LogP contribution in [-0.2, 0) is 4.74 Å².